The second kappa shape index (κ2) is 13.4. The summed E-state index contributed by atoms with van der Waals surface area (Å²) in [6.07, 6.45) is 4.75. The maximum absolute atomic E-state index is 15.3. The predicted molar refractivity (Wildman–Crippen MR) is 192 cm³/mol. The molecule has 3 aliphatic heterocycles. The first-order valence-corrected chi connectivity index (χ1v) is 17.5. The molecule has 3 aliphatic rings. The molecule has 3 aromatic rings. The molecule has 1 N–H and O–H groups in total. The van der Waals surface area contributed by atoms with Crippen LogP contribution in [0.25, 0.3) is 0 Å². The lowest BCUT2D eigenvalue weighted by Gasteiger charge is -2.40. The van der Waals surface area contributed by atoms with Crippen LogP contribution in [0.1, 0.15) is 48.1 Å². The SMILES string of the molecule is C=CCN(Cc1ccccc1)C(=O)[C@@H]1[C@H]2C(=O)N([C@H](CO)c3ccccc3)C(C(=O)N(CC=C)c3cc(C)ccc3C)C23CC[C@@]1(C)S3. The topological polar surface area (TPSA) is 81.2 Å². The molecule has 3 saturated heterocycles. The molecular formula is C40H45N3O4S. The summed E-state index contributed by atoms with van der Waals surface area (Å²) in [5, 5.41) is 10.9. The van der Waals surface area contributed by atoms with Crippen molar-refractivity contribution in [3.63, 3.8) is 0 Å². The normalized spacial score (nSPS) is 26.2. The van der Waals surface area contributed by atoms with Gasteiger partial charge in [-0.05, 0) is 61.9 Å². The molecule has 0 saturated carbocycles. The number of thioether (sulfide) groups is 1. The van der Waals surface area contributed by atoms with Gasteiger partial charge in [0.1, 0.15) is 6.04 Å². The van der Waals surface area contributed by atoms with E-state index in [-0.39, 0.29) is 30.9 Å². The molecule has 8 heteroatoms. The first kappa shape index (κ1) is 33.7. The molecule has 6 rings (SSSR count). The van der Waals surface area contributed by atoms with E-state index >= 15 is 9.59 Å². The van der Waals surface area contributed by atoms with Gasteiger partial charge in [0.05, 0.1) is 29.2 Å². The Balaban J connectivity index is 1.49. The van der Waals surface area contributed by atoms with Gasteiger partial charge in [0.15, 0.2) is 0 Å². The molecule has 48 heavy (non-hydrogen) atoms. The van der Waals surface area contributed by atoms with Crippen molar-refractivity contribution in [3.8, 4) is 0 Å². The summed E-state index contributed by atoms with van der Waals surface area (Å²) in [6.45, 7) is 14.6. The fraction of sp³-hybridized carbons (Fsp3) is 0.375. The van der Waals surface area contributed by atoms with Crippen LogP contribution in [0.4, 0.5) is 5.69 Å². The first-order chi connectivity index (χ1) is 23.1. The molecule has 3 fully saturated rings. The highest BCUT2D eigenvalue weighted by molar-refractivity contribution is 8.02. The number of aliphatic hydroxyl groups is 1. The van der Waals surface area contributed by atoms with Crippen molar-refractivity contribution in [2.45, 2.75) is 61.7 Å². The van der Waals surface area contributed by atoms with Crippen molar-refractivity contribution in [1.82, 2.24) is 9.80 Å². The van der Waals surface area contributed by atoms with E-state index in [0.717, 1.165) is 27.9 Å². The quantitative estimate of drug-likeness (QED) is 0.232. The molecule has 2 unspecified atom stereocenters. The summed E-state index contributed by atoms with van der Waals surface area (Å²) < 4.78 is -1.39. The summed E-state index contributed by atoms with van der Waals surface area (Å²) in [5.41, 5.74) is 4.46. The lowest BCUT2D eigenvalue weighted by Crippen LogP contribution is -2.56. The van der Waals surface area contributed by atoms with E-state index in [1.807, 2.05) is 92.7 Å². The Morgan fingerprint density at radius 3 is 2.29 bits per heavy atom. The van der Waals surface area contributed by atoms with E-state index in [0.29, 0.717) is 25.9 Å². The van der Waals surface area contributed by atoms with Gasteiger partial charge in [-0.2, -0.15) is 0 Å². The molecule has 2 bridgehead atoms. The van der Waals surface area contributed by atoms with Crippen LogP contribution in [-0.4, -0.2) is 67.9 Å². The minimum Gasteiger partial charge on any atom is -0.394 e. The molecule has 3 heterocycles. The van der Waals surface area contributed by atoms with Gasteiger partial charge < -0.3 is 19.8 Å². The average Bonchev–Trinajstić information content (AvgIpc) is 3.66. The van der Waals surface area contributed by atoms with Crippen molar-refractivity contribution in [1.29, 1.82) is 0 Å². The van der Waals surface area contributed by atoms with E-state index in [2.05, 4.69) is 20.1 Å². The number of hydrogen-bond donors (Lipinski definition) is 1. The summed E-state index contributed by atoms with van der Waals surface area (Å²) in [7, 11) is 0. The molecule has 0 radical (unpaired) electrons. The number of carbonyl (C=O) groups is 3. The lowest BCUT2D eigenvalue weighted by atomic mass is 9.66. The third-order valence-electron chi connectivity index (χ3n) is 10.5. The van der Waals surface area contributed by atoms with Crippen molar-refractivity contribution in [2.24, 2.45) is 11.8 Å². The zero-order valence-corrected chi connectivity index (χ0v) is 28.9. The van der Waals surface area contributed by atoms with Crippen molar-refractivity contribution >= 4 is 35.2 Å². The van der Waals surface area contributed by atoms with Gasteiger partial charge in [0.2, 0.25) is 11.8 Å². The molecule has 250 valence electrons. The minimum atomic E-state index is -0.904. The van der Waals surface area contributed by atoms with Crippen LogP contribution < -0.4 is 4.90 Å². The molecule has 1 spiro atoms. The van der Waals surface area contributed by atoms with E-state index in [4.69, 9.17) is 0 Å². The van der Waals surface area contributed by atoms with Gasteiger partial charge in [-0.3, -0.25) is 14.4 Å². The lowest BCUT2D eigenvalue weighted by molar-refractivity contribution is -0.146. The largest absolute Gasteiger partial charge is 0.394 e. The highest BCUT2D eigenvalue weighted by atomic mass is 32.2. The predicted octanol–water partition coefficient (Wildman–Crippen LogP) is 6.25. The summed E-state index contributed by atoms with van der Waals surface area (Å²) in [6, 6.07) is 23.6. The second-order valence-corrected chi connectivity index (χ2v) is 15.5. The number of anilines is 1. The van der Waals surface area contributed by atoms with Crippen LogP contribution in [-0.2, 0) is 20.9 Å². The second-order valence-electron chi connectivity index (χ2n) is 13.6. The highest BCUT2D eigenvalue weighted by Crippen LogP contribution is 2.72. The summed E-state index contributed by atoms with van der Waals surface area (Å²) >= 11 is 1.64. The molecule has 0 aromatic heterocycles. The summed E-state index contributed by atoms with van der Waals surface area (Å²) in [5.74, 6) is -1.93. The van der Waals surface area contributed by atoms with Crippen LogP contribution >= 0.6 is 11.8 Å². The van der Waals surface area contributed by atoms with Gasteiger partial charge >= 0.3 is 0 Å². The van der Waals surface area contributed by atoms with E-state index in [1.165, 1.54) is 0 Å². The Morgan fingerprint density at radius 1 is 0.979 bits per heavy atom. The molecule has 6 atom stereocenters. The zero-order valence-electron chi connectivity index (χ0n) is 28.0. The number of carbonyl (C=O) groups excluding carboxylic acids is 3. The van der Waals surface area contributed by atoms with Gasteiger partial charge in [-0.15, -0.1) is 24.9 Å². The summed E-state index contributed by atoms with van der Waals surface area (Å²) in [4.78, 5) is 50.3. The zero-order chi connectivity index (χ0) is 34.2. The van der Waals surface area contributed by atoms with Crippen molar-refractivity contribution < 1.29 is 19.5 Å². The Bertz CT molecular complexity index is 1710. The number of fused-ring (bicyclic) bond motifs is 1. The molecule has 7 nitrogen and oxygen atoms in total. The van der Waals surface area contributed by atoms with Crippen LogP contribution in [0.3, 0.4) is 0 Å². The average molecular weight is 664 g/mol. The number of rotatable bonds is 12. The molecule has 0 aliphatic carbocycles. The van der Waals surface area contributed by atoms with Crippen LogP contribution in [0.15, 0.2) is 104 Å². The molecule has 3 amide bonds. The number of aliphatic hydroxyl groups excluding tert-OH is 1. The van der Waals surface area contributed by atoms with E-state index in [1.54, 1.807) is 38.6 Å². The number of likely N-dealkylation sites (tertiary alicyclic amines) is 1. The maximum Gasteiger partial charge on any atom is 0.251 e. The minimum absolute atomic E-state index is 0.0977. The van der Waals surface area contributed by atoms with Gasteiger partial charge in [0.25, 0.3) is 5.91 Å². The van der Waals surface area contributed by atoms with Gasteiger partial charge in [-0.25, -0.2) is 0 Å². The smallest absolute Gasteiger partial charge is 0.251 e. The standard InChI is InChI=1S/C40H45N3O4S/c1-6-22-41(25-29-14-10-8-11-15-29)36(45)33-34-37(46)43(32(26-44)30-16-12-9-13-17-30)35(40(34)21-20-39(33,5)48-40)38(47)42(23-7-2)31-24-27(3)18-19-28(31)4/h6-19,24,32-35,44H,1-2,20-23,25-26H2,3-5H3/t32-,33+,34+,35?,39-,40?/m1/s1. The van der Waals surface area contributed by atoms with Crippen LogP contribution in [0.5, 0.6) is 0 Å². The number of benzene rings is 3. The monoisotopic (exact) mass is 663 g/mol. The molecular weight excluding hydrogens is 619 g/mol. The van der Waals surface area contributed by atoms with Crippen molar-refractivity contribution in [2.75, 3.05) is 24.6 Å². The third-order valence-corrected chi connectivity index (χ3v) is 12.5. The Kier molecular flexibility index (Phi) is 9.42. The van der Waals surface area contributed by atoms with Crippen molar-refractivity contribution in [3.05, 3.63) is 126 Å². The number of nitrogens with zero attached hydrogens (tertiary/aromatic N) is 3. The highest BCUT2D eigenvalue weighted by Gasteiger charge is 2.78. The van der Waals surface area contributed by atoms with Crippen LogP contribution in [0, 0.1) is 25.7 Å². The van der Waals surface area contributed by atoms with Gasteiger partial charge in [-0.1, -0.05) is 84.9 Å². The van der Waals surface area contributed by atoms with Crippen LogP contribution in [0.2, 0.25) is 0 Å². The number of hydrogen-bond acceptors (Lipinski definition) is 5. The molecule has 3 aromatic carbocycles. The third kappa shape index (κ3) is 5.59. The van der Waals surface area contributed by atoms with E-state index in [9.17, 15) is 9.90 Å². The Labute approximate surface area is 288 Å². The first-order valence-electron chi connectivity index (χ1n) is 16.7. The number of amides is 3. The Hall–Kier alpha value is -4.14. The van der Waals surface area contributed by atoms with Gasteiger partial charge in [0, 0.05) is 30.1 Å². The Morgan fingerprint density at radius 2 is 1.65 bits per heavy atom. The van der Waals surface area contributed by atoms with E-state index < -0.39 is 33.4 Å². The fourth-order valence-electron chi connectivity index (χ4n) is 8.37. The fourth-order valence-corrected chi connectivity index (χ4v) is 10.7. The number of aryl methyl sites for hydroxylation is 2. The maximum atomic E-state index is 15.3.